The quantitative estimate of drug-likeness (QED) is 0.0195. The Bertz CT molecular complexity index is 1950. The van der Waals surface area contributed by atoms with Gasteiger partial charge in [0.25, 0.3) is 7.82 Å². The van der Waals surface area contributed by atoms with Gasteiger partial charge in [-0.2, -0.15) is 0 Å². The van der Waals surface area contributed by atoms with Crippen LogP contribution in [0.5, 0.6) is 0 Å². The summed E-state index contributed by atoms with van der Waals surface area (Å²) in [4.78, 5) is 37.9. The molecule has 0 radical (unpaired) electrons. The zero-order valence-electron chi connectivity index (χ0n) is 50.9. The number of rotatable bonds is 54. The van der Waals surface area contributed by atoms with Crippen molar-refractivity contribution in [3.05, 3.63) is 170 Å². The SMILES string of the molecule is CC/C=C\C/C=C\C/C=C\C/C=C\C/C=C\C/C=C\C/C=C\C/C=C\C/C=C\CCCCCCCCCCCC(=O)OC(COC(=O)CCCCC/C=C\C/C=C\C/C=C\C/C=C\C/C=C\CC)COP(=O)([O-])OCC[N+](C)(C)C. The fourth-order valence-corrected chi connectivity index (χ4v) is 8.28. The summed E-state index contributed by atoms with van der Waals surface area (Å²) in [5.74, 6) is -0.892. The van der Waals surface area contributed by atoms with Gasteiger partial charge in [-0.15, -0.1) is 0 Å². The van der Waals surface area contributed by atoms with Gasteiger partial charge in [-0.05, 0) is 128 Å². The predicted octanol–water partition coefficient (Wildman–Crippen LogP) is 19.2. The van der Waals surface area contributed by atoms with Crippen molar-refractivity contribution in [2.75, 3.05) is 47.5 Å². The van der Waals surface area contributed by atoms with Crippen LogP contribution in [-0.2, 0) is 32.7 Å². The molecule has 0 aromatic carbocycles. The van der Waals surface area contributed by atoms with E-state index in [2.05, 4.69) is 184 Å². The van der Waals surface area contributed by atoms with Crippen LogP contribution in [0.15, 0.2) is 170 Å². The van der Waals surface area contributed by atoms with Crippen LogP contribution in [0.2, 0.25) is 0 Å². The van der Waals surface area contributed by atoms with Crippen LogP contribution in [-0.4, -0.2) is 70.0 Å². The Balaban J connectivity index is 4.20. The minimum absolute atomic E-state index is 0.0474. The zero-order chi connectivity index (χ0) is 58.4. The highest BCUT2D eigenvalue weighted by atomic mass is 31.2. The molecule has 9 nitrogen and oxygen atoms in total. The van der Waals surface area contributed by atoms with Crippen LogP contribution in [0.1, 0.15) is 206 Å². The molecule has 0 saturated carbocycles. The second-order valence-electron chi connectivity index (χ2n) is 20.9. The van der Waals surface area contributed by atoms with Gasteiger partial charge >= 0.3 is 11.9 Å². The lowest BCUT2D eigenvalue weighted by Gasteiger charge is -2.28. The third-order valence-corrected chi connectivity index (χ3v) is 13.2. The minimum Gasteiger partial charge on any atom is -0.756 e. The highest BCUT2D eigenvalue weighted by Gasteiger charge is 2.21. The Kier molecular flexibility index (Phi) is 55.6. The van der Waals surface area contributed by atoms with Crippen molar-refractivity contribution in [3.63, 3.8) is 0 Å². The molecule has 0 heterocycles. The lowest BCUT2D eigenvalue weighted by molar-refractivity contribution is -0.870. The number of phosphoric ester groups is 1. The maximum atomic E-state index is 12.8. The van der Waals surface area contributed by atoms with Gasteiger partial charge in [0.05, 0.1) is 27.7 Å². The molecule has 0 aliphatic rings. The van der Waals surface area contributed by atoms with Crippen LogP contribution in [0, 0.1) is 0 Å². The number of unbranched alkanes of at least 4 members (excludes halogenated alkanes) is 12. The van der Waals surface area contributed by atoms with Crippen LogP contribution in [0.3, 0.4) is 0 Å². The smallest absolute Gasteiger partial charge is 0.306 e. The molecule has 0 aromatic rings. The first-order valence-electron chi connectivity index (χ1n) is 30.8. The molecule has 0 N–H and O–H groups in total. The number of hydrogen-bond acceptors (Lipinski definition) is 8. The standard InChI is InChI=1S/C70H112NO8P/c1-6-8-10-12-14-16-18-20-22-24-26-27-28-29-30-31-32-33-34-35-36-37-38-39-40-41-42-43-45-47-49-51-53-55-57-59-61-63-70(73)79-68(67-78-80(74,75)77-65-64-71(3,4)5)66-76-69(72)62-60-58-56-54-52-50-48-46-44-25-23-21-19-17-15-13-11-9-7-2/h8-11,14-17,20-23,26-27,29-30,32-33,35-36,38-39,41-42,44,46,50,52,68H,6-7,12-13,18-19,24-25,28,31,34,37,40,43,45,47-49,51,53-67H2,1-5H3/b10-8-,11-9-,16-14-,17-15-,22-20-,23-21-,27-26-,30-29-,33-32-,36-35-,39-38-,42-41-,46-44-,52-50-. The maximum Gasteiger partial charge on any atom is 0.306 e. The molecule has 0 spiro atoms. The number of allylic oxidation sites excluding steroid dienone is 28. The van der Waals surface area contributed by atoms with Crippen molar-refractivity contribution < 1.29 is 42.1 Å². The van der Waals surface area contributed by atoms with E-state index in [4.69, 9.17) is 18.5 Å². The molecule has 0 aliphatic heterocycles. The molecular weight excluding hydrogens is 1010 g/mol. The maximum absolute atomic E-state index is 12.8. The lowest BCUT2D eigenvalue weighted by atomic mass is 10.1. The van der Waals surface area contributed by atoms with Gasteiger partial charge in [-0.3, -0.25) is 14.2 Å². The highest BCUT2D eigenvalue weighted by Crippen LogP contribution is 2.38. The second kappa shape index (κ2) is 59.0. The third kappa shape index (κ3) is 62.6. The van der Waals surface area contributed by atoms with E-state index in [1.807, 2.05) is 21.1 Å². The van der Waals surface area contributed by atoms with Crippen LogP contribution < -0.4 is 4.89 Å². The van der Waals surface area contributed by atoms with Gasteiger partial charge in [-0.25, -0.2) is 0 Å². The molecule has 80 heavy (non-hydrogen) atoms. The Morgan fingerprint density at radius 2 is 0.675 bits per heavy atom. The fraction of sp³-hybridized carbons (Fsp3) is 0.571. The molecule has 0 bridgehead atoms. The molecular formula is C70H112NO8P. The van der Waals surface area contributed by atoms with Crippen molar-refractivity contribution in [1.82, 2.24) is 0 Å². The Hall–Kier alpha value is -4.63. The summed E-state index contributed by atoms with van der Waals surface area (Å²) in [6.07, 6.45) is 89.8. The number of esters is 2. The summed E-state index contributed by atoms with van der Waals surface area (Å²) >= 11 is 0. The molecule has 2 atom stereocenters. The summed E-state index contributed by atoms with van der Waals surface area (Å²) in [6, 6.07) is 0. The van der Waals surface area contributed by atoms with E-state index < -0.39 is 32.5 Å². The molecule has 2 unspecified atom stereocenters. The molecule has 0 aliphatic carbocycles. The number of carbonyl (C=O) groups excluding carboxylic acids is 2. The van der Waals surface area contributed by atoms with Crippen molar-refractivity contribution >= 4 is 19.8 Å². The van der Waals surface area contributed by atoms with Crippen LogP contribution in [0.4, 0.5) is 0 Å². The van der Waals surface area contributed by atoms with E-state index in [-0.39, 0.29) is 26.1 Å². The number of ether oxygens (including phenoxy) is 2. The number of hydrogen-bond donors (Lipinski definition) is 0. The van der Waals surface area contributed by atoms with E-state index >= 15 is 0 Å². The summed E-state index contributed by atoms with van der Waals surface area (Å²) in [6.45, 7) is 3.93. The van der Waals surface area contributed by atoms with E-state index in [0.717, 1.165) is 135 Å². The van der Waals surface area contributed by atoms with E-state index in [1.54, 1.807) is 0 Å². The van der Waals surface area contributed by atoms with Gasteiger partial charge in [0.1, 0.15) is 19.8 Å². The number of phosphoric acid groups is 1. The summed E-state index contributed by atoms with van der Waals surface area (Å²) in [5, 5.41) is 0. The first-order valence-corrected chi connectivity index (χ1v) is 32.3. The molecule has 0 amide bonds. The van der Waals surface area contributed by atoms with Crippen LogP contribution in [0.25, 0.3) is 0 Å². The average molecular weight is 1130 g/mol. The van der Waals surface area contributed by atoms with Crippen molar-refractivity contribution in [2.24, 2.45) is 0 Å². The number of carbonyl (C=O) groups is 2. The summed E-state index contributed by atoms with van der Waals surface area (Å²) in [7, 11) is 1.12. The van der Waals surface area contributed by atoms with Gasteiger partial charge in [0.15, 0.2) is 6.10 Å². The fourth-order valence-electron chi connectivity index (χ4n) is 7.56. The largest absolute Gasteiger partial charge is 0.756 e. The van der Waals surface area contributed by atoms with Crippen molar-refractivity contribution in [2.45, 2.75) is 213 Å². The molecule has 0 fully saturated rings. The Morgan fingerprint density at radius 1 is 0.388 bits per heavy atom. The Labute approximate surface area is 489 Å². The molecule has 0 saturated heterocycles. The summed E-state index contributed by atoms with van der Waals surface area (Å²) in [5.41, 5.74) is 0. The van der Waals surface area contributed by atoms with Crippen molar-refractivity contribution in [3.8, 4) is 0 Å². The van der Waals surface area contributed by atoms with E-state index in [9.17, 15) is 19.0 Å². The average Bonchev–Trinajstić information content (AvgIpc) is 3.42. The van der Waals surface area contributed by atoms with Gasteiger partial charge in [-0.1, -0.05) is 235 Å². The highest BCUT2D eigenvalue weighted by molar-refractivity contribution is 7.45. The normalized spacial score (nSPS) is 14.4. The Morgan fingerprint density at radius 3 is 1.01 bits per heavy atom. The van der Waals surface area contributed by atoms with Crippen molar-refractivity contribution in [1.29, 1.82) is 0 Å². The monoisotopic (exact) mass is 1130 g/mol. The van der Waals surface area contributed by atoms with E-state index in [1.165, 1.54) is 32.1 Å². The van der Waals surface area contributed by atoms with Crippen LogP contribution >= 0.6 is 7.82 Å². The van der Waals surface area contributed by atoms with Gasteiger partial charge in [0, 0.05) is 12.8 Å². The lowest BCUT2D eigenvalue weighted by Crippen LogP contribution is -2.37. The molecule has 10 heteroatoms. The van der Waals surface area contributed by atoms with E-state index in [0.29, 0.717) is 23.9 Å². The minimum atomic E-state index is -4.66. The second-order valence-corrected chi connectivity index (χ2v) is 22.4. The zero-order valence-corrected chi connectivity index (χ0v) is 51.8. The number of quaternary nitrogens is 1. The number of nitrogens with zero attached hydrogens (tertiary/aromatic N) is 1. The predicted molar refractivity (Wildman–Crippen MR) is 341 cm³/mol. The molecule has 450 valence electrons. The third-order valence-electron chi connectivity index (χ3n) is 12.2. The van der Waals surface area contributed by atoms with Gasteiger partial charge < -0.3 is 27.9 Å². The topological polar surface area (TPSA) is 111 Å². The molecule has 0 aromatic heterocycles. The van der Waals surface area contributed by atoms with Gasteiger partial charge in [0.2, 0.25) is 0 Å². The summed E-state index contributed by atoms with van der Waals surface area (Å²) < 4.78 is 34.1. The molecule has 0 rings (SSSR count). The number of likely N-dealkylation sites (N-methyl/N-ethyl adjacent to an activating group) is 1. The first kappa shape index (κ1) is 75.4. The first-order chi connectivity index (χ1) is 39.0.